The molecule has 0 bridgehead atoms. The van der Waals surface area contributed by atoms with Crippen LogP contribution >= 0.6 is 0 Å². The number of likely N-dealkylation sites (tertiary alicyclic amines) is 1. The Morgan fingerprint density at radius 2 is 1.65 bits per heavy atom. The van der Waals surface area contributed by atoms with Crippen LogP contribution in [0.1, 0.15) is 52.4 Å². The number of carbonyl (C=O) groups excluding carboxylic acids is 1. The van der Waals surface area contributed by atoms with E-state index < -0.39 is 10.9 Å². The van der Waals surface area contributed by atoms with Gasteiger partial charge in [-0.2, -0.15) is 0 Å². The molecule has 2 fully saturated rings. The molecule has 1 heterocycles. The lowest BCUT2D eigenvalue weighted by Gasteiger charge is -2.34. The highest BCUT2D eigenvalue weighted by Crippen LogP contribution is 2.28. The fourth-order valence-corrected chi connectivity index (χ4v) is 4.01. The molecule has 1 saturated carbocycles. The highest BCUT2D eigenvalue weighted by Gasteiger charge is 2.30. The molecule has 7 nitrogen and oxygen atoms in total. The van der Waals surface area contributed by atoms with E-state index >= 15 is 0 Å². The van der Waals surface area contributed by atoms with Crippen LogP contribution in [0.15, 0.2) is 9.59 Å². The number of amides is 1. The van der Waals surface area contributed by atoms with Gasteiger partial charge in [-0.05, 0) is 38.5 Å². The Balaban J connectivity index is 1.58. The van der Waals surface area contributed by atoms with Gasteiger partial charge in [-0.3, -0.25) is 9.59 Å². The van der Waals surface area contributed by atoms with Crippen LogP contribution in [0.4, 0.5) is 16.2 Å². The van der Waals surface area contributed by atoms with Crippen molar-refractivity contribution >= 4 is 17.5 Å². The summed E-state index contributed by atoms with van der Waals surface area (Å²) in [5.41, 5.74) is 0.0574. The third-order valence-electron chi connectivity index (χ3n) is 5.72. The first-order valence-corrected chi connectivity index (χ1v) is 9.79. The smallest absolute Gasteiger partial charge is 0.409 e. The van der Waals surface area contributed by atoms with Gasteiger partial charge >= 0.3 is 6.09 Å². The Kier molecular flexibility index (Phi) is 5.84. The van der Waals surface area contributed by atoms with Gasteiger partial charge in [0.1, 0.15) is 11.4 Å². The van der Waals surface area contributed by atoms with E-state index in [2.05, 4.69) is 17.6 Å². The van der Waals surface area contributed by atoms with E-state index in [9.17, 15) is 14.4 Å². The minimum atomic E-state index is -0.427. The molecule has 2 N–H and O–H groups in total. The number of hydrogen-bond donors (Lipinski definition) is 2. The maximum absolute atomic E-state index is 12.0. The molecule has 0 unspecified atom stereocenters. The van der Waals surface area contributed by atoms with Crippen LogP contribution in [-0.4, -0.2) is 42.8 Å². The van der Waals surface area contributed by atoms with Crippen LogP contribution in [0.5, 0.6) is 0 Å². The minimum absolute atomic E-state index is 0.0910. The van der Waals surface area contributed by atoms with Crippen molar-refractivity contribution in [2.45, 2.75) is 64.5 Å². The molecule has 7 heteroatoms. The summed E-state index contributed by atoms with van der Waals surface area (Å²) in [6.07, 6.45) is 5.77. The molecule has 2 aliphatic rings. The first-order valence-electron chi connectivity index (χ1n) is 9.79. The third-order valence-corrected chi connectivity index (χ3v) is 5.72. The van der Waals surface area contributed by atoms with Gasteiger partial charge in [0.05, 0.1) is 6.61 Å². The van der Waals surface area contributed by atoms with Crippen molar-refractivity contribution in [2.24, 2.45) is 5.92 Å². The molecule has 2 atom stereocenters. The van der Waals surface area contributed by atoms with Crippen molar-refractivity contribution in [3.8, 4) is 0 Å². The van der Waals surface area contributed by atoms with Gasteiger partial charge in [-0.15, -0.1) is 0 Å². The molecular weight excluding hydrogens is 334 g/mol. The predicted molar refractivity (Wildman–Crippen MR) is 102 cm³/mol. The molecule has 144 valence electrons. The van der Waals surface area contributed by atoms with Crippen molar-refractivity contribution in [2.75, 3.05) is 30.3 Å². The molecule has 0 radical (unpaired) electrons. The zero-order valence-electron chi connectivity index (χ0n) is 15.7. The Labute approximate surface area is 153 Å². The quantitative estimate of drug-likeness (QED) is 0.781. The van der Waals surface area contributed by atoms with Gasteiger partial charge in [0.15, 0.2) is 0 Å². The number of carbonyl (C=O) groups is 1. The summed E-state index contributed by atoms with van der Waals surface area (Å²) in [7, 11) is 0. The lowest BCUT2D eigenvalue weighted by molar-refractivity contribution is 0.0983. The van der Waals surface area contributed by atoms with Crippen LogP contribution in [0, 0.1) is 5.92 Å². The summed E-state index contributed by atoms with van der Waals surface area (Å²) < 4.78 is 5.02. The minimum Gasteiger partial charge on any atom is -0.450 e. The molecule has 26 heavy (non-hydrogen) atoms. The number of nitrogens with zero attached hydrogens (tertiary/aromatic N) is 1. The average molecular weight is 363 g/mol. The second kappa shape index (κ2) is 8.10. The van der Waals surface area contributed by atoms with Crippen molar-refractivity contribution in [1.82, 2.24) is 4.90 Å². The molecule has 1 aliphatic heterocycles. The standard InChI is InChI=1S/C19H29N3O4/c1-3-26-19(25)22-10-8-13(9-11-22)20-15-16(18(24)17(15)23)21-14-7-5-4-6-12(14)2/h12-14,20-21H,3-11H2,1-2H3/t12-,14+/m0/s1. The lowest BCUT2D eigenvalue weighted by Crippen LogP contribution is -2.46. The van der Waals surface area contributed by atoms with E-state index in [0.29, 0.717) is 37.0 Å². The van der Waals surface area contributed by atoms with E-state index in [4.69, 9.17) is 4.74 Å². The molecule has 1 saturated heterocycles. The Morgan fingerprint density at radius 3 is 2.27 bits per heavy atom. The van der Waals surface area contributed by atoms with Crippen LogP contribution < -0.4 is 21.5 Å². The van der Waals surface area contributed by atoms with Crippen molar-refractivity contribution < 1.29 is 9.53 Å². The predicted octanol–water partition coefficient (Wildman–Crippen LogP) is 2.31. The van der Waals surface area contributed by atoms with Gasteiger partial charge in [-0.1, -0.05) is 19.8 Å². The average Bonchev–Trinajstić information content (AvgIpc) is 2.66. The highest BCUT2D eigenvalue weighted by atomic mass is 16.6. The summed E-state index contributed by atoms with van der Waals surface area (Å²) >= 11 is 0. The van der Waals surface area contributed by atoms with Crippen LogP contribution in [0.3, 0.4) is 0 Å². The second-order valence-corrected chi connectivity index (χ2v) is 7.53. The summed E-state index contributed by atoms with van der Waals surface area (Å²) in [5.74, 6) is 0.508. The van der Waals surface area contributed by atoms with Gasteiger partial charge in [0, 0.05) is 25.2 Å². The van der Waals surface area contributed by atoms with E-state index in [0.717, 1.165) is 32.1 Å². The monoisotopic (exact) mass is 363 g/mol. The largest absolute Gasteiger partial charge is 0.450 e. The summed E-state index contributed by atoms with van der Waals surface area (Å²) in [5, 5.41) is 6.58. The normalized spacial score (nSPS) is 24.5. The van der Waals surface area contributed by atoms with E-state index in [1.165, 1.54) is 6.42 Å². The van der Waals surface area contributed by atoms with Crippen LogP contribution in [0.2, 0.25) is 0 Å². The van der Waals surface area contributed by atoms with Crippen molar-refractivity contribution in [1.29, 1.82) is 0 Å². The number of hydrogen-bond acceptors (Lipinski definition) is 6. The number of rotatable bonds is 5. The molecule has 1 aliphatic carbocycles. The molecule has 0 spiro atoms. The number of ether oxygens (including phenoxy) is 1. The third kappa shape index (κ3) is 3.86. The van der Waals surface area contributed by atoms with E-state index in [1.807, 2.05) is 0 Å². The van der Waals surface area contributed by atoms with Gasteiger partial charge < -0.3 is 20.3 Å². The molecule has 1 aromatic carbocycles. The zero-order valence-corrected chi connectivity index (χ0v) is 15.7. The number of piperidine rings is 1. The van der Waals surface area contributed by atoms with E-state index in [1.54, 1.807) is 11.8 Å². The SMILES string of the molecule is CCOC(=O)N1CCC(Nc2c(N[C@@H]3CCCC[C@@H]3C)c(=O)c2=O)CC1. The Hall–Kier alpha value is -2.05. The lowest BCUT2D eigenvalue weighted by atomic mass is 9.85. The Morgan fingerprint density at radius 1 is 1.04 bits per heavy atom. The van der Waals surface area contributed by atoms with Crippen LogP contribution in [0.25, 0.3) is 0 Å². The number of nitrogens with one attached hydrogen (secondary N) is 2. The topological polar surface area (TPSA) is 87.7 Å². The van der Waals surface area contributed by atoms with Crippen molar-refractivity contribution in [3.05, 3.63) is 20.4 Å². The van der Waals surface area contributed by atoms with Crippen molar-refractivity contribution in [3.63, 3.8) is 0 Å². The second-order valence-electron chi connectivity index (χ2n) is 7.53. The maximum atomic E-state index is 12.0. The summed E-state index contributed by atoms with van der Waals surface area (Å²) in [6.45, 7) is 5.54. The molecule has 1 aromatic rings. The zero-order chi connectivity index (χ0) is 18.7. The fourth-order valence-electron chi connectivity index (χ4n) is 4.01. The van der Waals surface area contributed by atoms with E-state index in [-0.39, 0.29) is 18.2 Å². The number of anilines is 2. The summed E-state index contributed by atoms with van der Waals surface area (Å²) in [6, 6.07) is 0.353. The summed E-state index contributed by atoms with van der Waals surface area (Å²) in [4.78, 5) is 37.5. The fraction of sp³-hybridized carbons (Fsp3) is 0.737. The molecule has 0 aromatic heterocycles. The Bertz CT molecular complexity index is 702. The molecular formula is C19H29N3O4. The molecule has 3 rings (SSSR count). The van der Waals surface area contributed by atoms with Gasteiger partial charge in [0.25, 0.3) is 10.9 Å². The molecule has 1 amide bonds. The van der Waals surface area contributed by atoms with Gasteiger partial charge in [0.2, 0.25) is 0 Å². The maximum Gasteiger partial charge on any atom is 0.409 e. The first kappa shape index (κ1) is 18.7. The highest BCUT2D eigenvalue weighted by molar-refractivity contribution is 5.74. The first-order chi connectivity index (χ1) is 12.5. The van der Waals surface area contributed by atoms with Crippen LogP contribution in [-0.2, 0) is 4.74 Å². The van der Waals surface area contributed by atoms with Gasteiger partial charge in [-0.25, -0.2) is 4.79 Å².